The molecule has 0 amide bonds. The number of nitrogens with zero attached hydrogens (tertiary/aromatic N) is 1. The van der Waals surface area contributed by atoms with Crippen molar-refractivity contribution in [3.63, 3.8) is 0 Å². The molecule has 96 valence electrons. The van der Waals surface area contributed by atoms with Crippen LogP contribution in [-0.2, 0) is 10.8 Å². The summed E-state index contributed by atoms with van der Waals surface area (Å²) in [6.45, 7) is 9.94. The van der Waals surface area contributed by atoms with Gasteiger partial charge in [-0.3, -0.25) is 9.11 Å². The monoisotopic (exact) mass is 246 g/mol. The average molecular weight is 246 g/mol. The van der Waals surface area contributed by atoms with E-state index in [0.29, 0.717) is 6.04 Å². The predicted octanol–water partition coefficient (Wildman–Crippen LogP) is 1.22. The highest BCUT2D eigenvalue weighted by atomic mass is 32.2. The molecular formula is C12H26N2OS. The van der Waals surface area contributed by atoms with Crippen molar-refractivity contribution in [2.45, 2.75) is 45.2 Å². The standard InChI is InChI=1S/C12H26N2OS/c1-5-12(6-2)10-14(8-7-13-12)11(3)9-16(4)15/h11,13H,5-10H2,1-4H3. The lowest BCUT2D eigenvalue weighted by Gasteiger charge is -2.45. The molecule has 4 heteroatoms. The largest absolute Gasteiger partial charge is 0.309 e. The van der Waals surface area contributed by atoms with E-state index in [1.165, 1.54) is 12.8 Å². The maximum atomic E-state index is 11.3. The third-order valence-corrected chi connectivity index (χ3v) is 4.81. The molecule has 1 heterocycles. The van der Waals surface area contributed by atoms with Crippen LogP contribution < -0.4 is 5.32 Å². The first-order chi connectivity index (χ1) is 7.53. The van der Waals surface area contributed by atoms with E-state index in [1.807, 2.05) is 0 Å². The van der Waals surface area contributed by atoms with Gasteiger partial charge in [0.15, 0.2) is 0 Å². The molecule has 0 aromatic heterocycles. The van der Waals surface area contributed by atoms with Crippen molar-refractivity contribution in [2.24, 2.45) is 0 Å². The molecule has 16 heavy (non-hydrogen) atoms. The van der Waals surface area contributed by atoms with Crippen molar-refractivity contribution in [3.8, 4) is 0 Å². The molecule has 1 aliphatic rings. The number of hydrogen-bond donors (Lipinski definition) is 1. The maximum absolute atomic E-state index is 11.3. The second kappa shape index (κ2) is 6.12. The van der Waals surface area contributed by atoms with Gasteiger partial charge in [0.25, 0.3) is 0 Å². The van der Waals surface area contributed by atoms with Crippen LogP contribution in [0.3, 0.4) is 0 Å². The van der Waals surface area contributed by atoms with Gasteiger partial charge in [-0.15, -0.1) is 0 Å². The molecule has 0 aromatic carbocycles. The zero-order chi connectivity index (χ0) is 12.2. The lowest BCUT2D eigenvalue weighted by molar-refractivity contribution is 0.0997. The molecule has 1 fully saturated rings. The molecule has 0 saturated carbocycles. The third-order valence-electron chi connectivity index (χ3n) is 3.86. The lowest BCUT2D eigenvalue weighted by atomic mass is 9.90. The Kier molecular flexibility index (Phi) is 5.41. The third kappa shape index (κ3) is 3.54. The highest BCUT2D eigenvalue weighted by Crippen LogP contribution is 2.21. The topological polar surface area (TPSA) is 32.3 Å². The first kappa shape index (κ1) is 14.1. The van der Waals surface area contributed by atoms with E-state index >= 15 is 0 Å². The second-order valence-electron chi connectivity index (χ2n) is 4.97. The number of rotatable bonds is 5. The molecule has 0 aromatic rings. The zero-order valence-corrected chi connectivity index (χ0v) is 11.9. The van der Waals surface area contributed by atoms with Gasteiger partial charge in [0.1, 0.15) is 0 Å². The average Bonchev–Trinajstić information content (AvgIpc) is 2.28. The molecule has 1 N–H and O–H groups in total. The fourth-order valence-corrected chi connectivity index (χ4v) is 3.42. The van der Waals surface area contributed by atoms with Crippen LogP contribution in [0.15, 0.2) is 0 Å². The van der Waals surface area contributed by atoms with E-state index in [2.05, 4.69) is 31.0 Å². The minimum Gasteiger partial charge on any atom is -0.309 e. The van der Waals surface area contributed by atoms with E-state index < -0.39 is 10.8 Å². The molecule has 3 nitrogen and oxygen atoms in total. The van der Waals surface area contributed by atoms with Crippen LogP contribution in [0.25, 0.3) is 0 Å². The van der Waals surface area contributed by atoms with Crippen molar-refractivity contribution in [1.82, 2.24) is 10.2 Å². The number of piperazine rings is 1. The van der Waals surface area contributed by atoms with Gasteiger partial charge in [-0.25, -0.2) is 0 Å². The Hall–Kier alpha value is 0.0700. The van der Waals surface area contributed by atoms with Gasteiger partial charge < -0.3 is 5.32 Å². The fourth-order valence-electron chi connectivity index (χ4n) is 2.53. The summed E-state index contributed by atoms with van der Waals surface area (Å²) < 4.78 is 11.3. The van der Waals surface area contributed by atoms with E-state index in [4.69, 9.17) is 0 Å². The molecule has 1 rings (SSSR count). The quantitative estimate of drug-likeness (QED) is 0.791. The SMILES string of the molecule is CCC1(CC)CN(C(C)CS(C)=O)CCN1. The van der Waals surface area contributed by atoms with Crippen LogP contribution in [0.4, 0.5) is 0 Å². The Morgan fingerprint density at radius 2 is 2.06 bits per heavy atom. The van der Waals surface area contributed by atoms with E-state index in [0.717, 1.165) is 25.4 Å². The Bertz CT molecular complexity index is 241. The van der Waals surface area contributed by atoms with Crippen LogP contribution in [0.1, 0.15) is 33.6 Å². The molecule has 2 unspecified atom stereocenters. The minimum absolute atomic E-state index is 0.280. The summed E-state index contributed by atoms with van der Waals surface area (Å²) in [5.74, 6) is 0.795. The summed E-state index contributed by atoms with van der Waals surface area (Å²) in [5.41, 5.74) is 0.280. The Labute approximate surface area is 102 Å². The van der Waals surface area contributed by atoms with Gasteiger partial charge in [0.2, 0.25) is 0 Å². The summed E-state index contributed by atoms with van der Waals surface area (Å²) in [6.07, 6.45) is 4.13. The van der Waals surface area contributed by atoms with E-state index in [1.54, 1.807) is 6.26 Å². The highest BCUT2D eigenvalue weighted by molar-refractivity contribution is 7.84. The van der Waals surface area contributed by atoms with Crippen LogP contribution >= 0.6 is 0 Å². The van der Waals surface area contributed by atoms with Crippen molar-refractivity contribution >= 4 is 10.8 Å². The van der Waals surface area contributed by atoms with Gasteiger partial charge in [-0.2, -0.15) is 0 Å². The van der Waals surface area contributed by atoms with E-state index in [9.17, 15) is 4.21 Å². The lowest BCUT2D eigenvalue weighted by Crippen LogP contribution is -2.62. The Balaban J connectivity index is 2.58. The molecule has 0 aliphatic carbocycles. The van der Waals surface area contributed by atoms with Crippen LogP contribution in [0.5, 0.6) is 0 Å². The van der Waals surface area contributed by atoms with Crippen LogP contribution in [-0.4, -0.2) is 52.3 Å². The maximum Gasteiger partial charge on any atom is 0.0385 e. The highest BCUT2D eigenvalue weighted by Gasteiger charge is 2.33. The summed E-state index contributed by atoms with van der Waals surface area (Å²) in [4.78, 5) is 2.49. The number of nitrogens with one attached hydrogen (secondary N) is 1. The van der Waals surface area contributed by atoms with Crippen LogP contribution in [0.2, 0.25) is 0 Å². The molecule has 0 spiro atoms. The molecule has 2 atom stereocenters. The summed E-state index contributed by atoms with van der Waals surface area (Å²) in [7, 11) is -0.688. The molecule has 0 radical (unpaired) electrons. The fraction of sp³-hybridized carbons (Fsp3) is 1.00. The minimum atomic E-state index is -0.688. The number of hydrogen-bond acceptors (Lipinski definition) is 3. The first-order valence-corrected chi connectivity index (χ1v) is 8.05. The molecule has 1 saturated heterocycles. The van der Waals surface area contributed by atoms with Gasteiger partial charge in [0, 0.05) is 54.0 Å². The molecule has 1 aliphatic heterocycles. The zero-order valence-electron chi connectivity index (χ0n) is 11.1. The summed E-state index contributed by atoms with van der Waals surface area (Å²) in [6, 6.07) is 0.436. The normalized spacial score (nSPS) is 25.2. The Morgan fingerprint density at radius 3 is 2.56 bits per heavy atom. The van der Waals surface area contributed by atoms with Crippen molar-refractivity contribution in [1.29, 1.82) is 0 Å². The van der Waals surface area contributed by atoms with Gasteiger partial charge in [-0.1, -0.05) is 13.8 Å². The summed E-state index contributed by atoms with van der Waals surface area (Å²) in [5, 5.41) is 3.65. The van der Waals surface area contributed by atoms with Crippen LogP contribution in [0, 0.1) is 0 Å². The smallest absolute Gasteiger partial charge is 0.0385 e. The van der Waals surface area contributed by atoms with Gasteiger partial charge in [-0.05, 0) is 19.8 Å². The summed E-state index contributed by atoms with van der Waals surface area (Å²) >= 11 is 0. The van der Waals surface area contributed by atoms with Crippen molar-refractivity contribution in [3.05, 3.63) is 0 Å². The molecular weight excluding hydrogens is 220 g/mol. The van der Waals surface area contributed by atoms with Gasteiger partial charge >= 0.3 is 0 Å². The van der Waals surface area contributed by atoms with Crippen molar-refractivity contribution in [2.75, 3.05) is 31.6 Å². The van der Waals surface area contributed by atoms with Crippen molar-refractivity contribution < 1.29 is 4.21 Å². The second-order valence-corrected chi connectivity index (χ2v) is 6.45. The molecule has 0 bridgehead atoms. The predicted molar refractivity (Wildman–Crippen MR) is 71.3 cm³/mol. The Morgan fingerprint density at radius 1 is 1.44 bits per heavy atom. The van der Waals surface area contributed by atoms with E-state index in [-0.39, 0.29) is 5.54 Å². The first-order valence-electron chi connectivity index (χ1n) is 6.32. The van der Waals surface area contributed by atoms with Gasteiger partial charge in [0.05, 0.1) is 0 Å².